The summed E-state index contributed by atoms with van der Waals surface area (Å²) in [6.07, 6.45) is 0.696. The second-order valence-corrected chi connectivity index (χ2v) is 3.69. The minimum atomic E-state index is 0.394. The molecule has 1 aromatic carbocycles. The standard InChI is InChI=1S/C9H8N2OS/c10-7-3-8-5(1-2-13-8)9(11)6(7)4-12/h1-4H,10-11H2. The van der Waals surface area contributed by atoms with Crippen molar-refractivity contribution < 1.29 is 4.79 Å². The van der Waals surface area contributed by atoms with Crippen LogP contribution in [0.25, 0.3) is 10.1 Å². The van der Waals surface area contributed by atoms with Gasteiger partial charge in [-0.1, -0.05) is 0 Å². The van der Waals surface area contributed by atoms with Gasteiger partial charge in [-0.25, -0.2) is 0 Å². The monoisotopic (exact) mass is 192 g/mol. The molecule has 1 heterocycles. The zero-order valence-electron chi connectivity index (χ0n) is 6.78. The minimum Gasteiger partial charge on any atom is -0.398 e. The first kappa shape index (κ1) is 8.07. The summed E-state index contributed by atoms with van der Waals surface area (Å²) in [5.41, 5.74) is 12.7. The highest BCUT2D eigenvalue weighted by Crippen LogP contribution is 2.32. The molecule has 3 nitrogen and oxygen atoms in total. The van der Waals surface area contributed by atoms with E-state index in [2.05, 4.69) is 0 Å². The van der Waals surface area contributed by atoms with E-state index in [-0.39, 0.29) is 0 Å². The molecule has 2 rings (SSSR count). The maximum absolute atomic E-state index is 10.7. The third-order valence-electron chi connectivity index (χ3n) is 1.99. The molecule has 2 aromatic rings. The Labute approximate surface area is 79.0 Å². The average Bonchev–Trinajstić information content (AvgIpc) is 2.53. The van der Waals surface area contributed by atoms with E-state index in [4.69, 9.17) is 11.5 Å². The van der Waals surface area contributed by atoms with Crippen molar-refractivity contribution in [3.8, 4) is 0 Å². The van der Waals surface area contributed by atoms with E-state index in [1.54, 1.807) is 17.4 Å². The Balaban J connectivity index is 2.92. The molecule has 0 radical (unpaired) electrons. The number of hydrogen-bond acceptors (Lipinski definition) is 4. The van der Waals surface area contributed by atoms with Gasteiger partial charge in [-0.05, 0) is 17.5 Å². The van der Waals surface area contributed by atoms with Gasteiger partial charge in [0.1, 0.15) is 0 Å². The van der Waals surface area contributed by atoms with Crippen LogP contribution in [0.4, 0.5) is 11.4 Å². The summed E-state index contributed by atoms with van der Waals surface area (Å²) in [5.74, 6) is 0. The lowest BCUT2D eigenvalue weighted by Gasteiger charge is -2.03. The Morgan fingerprint density at radius 1 is 1.38 bits per heavy atom. The maximum Gasteiger partial charge on any atom is 0.154 e. The summed E-state index contributed by atoms with van der Waals surface area (Å²) < 4.78 is 1.01. The van der Waals surface area contributed by atoms with E-state index in [0.717, 1.165) is 10.1 Å². The Bertz CT molecular complexity index is 476. The van der Waals surface area contributed by atoms with Gasteiger partial charge in [-0.3, -0.25) is 4.79 Å². The van der Waals surface area contributed by atoms with Crippen LogP contribution in [0.5, 0.6) is 0 Å². The van der Waals surface area contributed by atoms with E-state index >= 15 is 0 Å². The number of nitrogens with two attached hydrogens (primary N) is 2. The summed E-state index contributed by atoms with van der Waals surface area (Å²) in [4.78, 5) is 10.7. The Kier molecular flexibility index (Phi) is 1.70. The van der Waals surface area contributed by atoms with Crippen molar-refractivity contribution in [1.29, 1.82) is 0 Å². The van der Waals surface area contributed by atoms with Gasteiger partial charge in [0.2, 0.25) is 0 Å². The molecule has 0 spiro atoms. The van der Waals surface area contributed by atoms with E-state index in [9.17, 15) is 4.79 Å². The van der Waals surface area contributed by atoms with Gasteiger partial charge in [-0.2, -0.15) is 0 Å². The SMILES string of the molecule is Nc1cc2sccc2c(N)c1C=O. The highest BCUT2D eigenvalue weighted by Gasteiger charge is 2.08. The summed E-state index contributed by atoms with van der Waals surface area (Å²) in [5, 5.41) is 2.83. The van der Waals surface area contributed by atoms with Gasteiger partial charge in [0.15, 0.2) is 6.29 Å². The molecule has 0 fully saturated rings. The number of anilines is 2. The molecular weight excluding hydrogens is 184 g/mol. The summed E-state index contributed by atoms with van der Waals surface area (Å²) in [6, 6.07) is 3.67. The quantitative estimate of drug-likeness (QED) is 0.535. The normalized spacial score (nSPS) is 10.5. The number of carbonyl (C=O) groups excluding carboxylic acids is 1. The molecular formula is C9H8N2OS. The Hall–Kier alpha value is -1.55. The van der Waals surface area contributed by atoms with Crippen LogP contribution >= 0.6 is 11.3 Å². The fourth-order valence-electron chi connectivity index (χ4n) is 1.31. The zero-order chi connectivity index (χ0) is 9.42. The minimum absolute atomic E-state index is 0.394. The molecule has 0 aliphatic rings. The smallest absolute Gasteiger partial charge is 0.154 e. The van der Waals surface area contributed by atoms with Crippen LogP contribution in [0.15, 0.2) is 17.5 Å². The highest BCUT2D eigenvalue weighted by atomic mass is 32.1. The van der Waals surface area contributed by atoms with Crippen molar-refractivity contribution in [3.63, 3.8) is 0 Å². The highest BCUT2D eigenvalue weighted by molar-refractivity contribution is 7.17. The Morgan fingerprint density at radius 2 is 2.15 bits per heavy atom. The molecule has 66 valence electrons. The van der Waals surface area contributed by atoms with Gasteiger partial charge < -0.3 is 11.5 Å². The number of rotatable bonds is 1. The lowest BCUT2D eigenvalue weighted by molar-refractivity contribution is 0.112. The first-order valence-electron chi connectivity index (χ1n) is 3.74. The van der Waals surface area contributed by atoms with Crippen LogP contribution in [0, 0.1) is 0 Å². The predicted molar refractivity (Wildman–Crippen MR) is 56.0 cm³/mol. The van der Waals surface area contributed by atoms with Crippen molar-refractivity contribution in [1.82, 2.24) is 0 Å². The van der Waals surface area contributed by atoms with E-state index < -0.39 is 0 Å². The number of benzene rings is 1. The van der Waals surface area contributed by atoms with Crippen molar-refractivity contribution in [2.75, 3.05) is 11.5 Å². The van der Waals surface area contributed by atoms with Gasteiger partial charge in [0, 0.05) is 15.8 Å². The average molecular weight is 192 g/mol. The summed E-state index contributed by atoms with van der Waals surface area (Å²) >= 11 is 1.56. The van der Waals surface area contributed by atoms with Gasteiger partial charge in [-0.15, -0.1) is 11.3 Å². The molecule has 0 atom stereocenters. The van der Waals surface area contributed by atoms with Crippen LogP contribution in [-0.2, 0) is 0 Å². The molecule has 13 heavy (non-hydrogen) atoms. The van der Waals surface area contributed by atoms with Gasteiger partial charge in [0.25, 0.3) is 0 Å². The fourth-order valence-corrected chi connectivity index (χ4v) is 2.16. The molecule has 0 aliphatic carbocycles. The molecule has 0 aliphatic heterocycles. The summed E-state index contributed by atoms with van der Waals surface area (Å²) in [6.45, 7) is 0. The maximum atomic E-state index is 10.7. The van der Waals surface area contributed by atoms with E-state index in [1.807, 2.05) is 11.4 Å². The molecule has 0 unspecified atom stereocenters. The molecule has 0 bridgehead atoms. The van der Waals surface area contributed by atoms with Gasteiger partial charge in [0.05, 0.1) is 11.3 Å². The van der Waals surface area contributed by atoms with Crippen molar-refractivity contribution in [3.05, 3.63) is 23.1 Å². The van der Waals surface area contributed by atoms with Crippen molar-refractivity contribution in [2.45, 2.75) is 0 Å². The lowest BCUT2D eigenvalue weighted by Crippen LogP contribution is -1.98. The third kappa shape index (κ3) is 1.07. The van der Waals surface area contributed by atoms with Crippen LogP contribution in [0.1, 0.15) is 10.4 Å². The first-order valence-corrected chi connectivity index (χ1v) is 4.62. The molecule has 4 N–H and O–H groups in total. The molecule has 0 saturated heterocycles. The largest absolute Gasteiger partial charge is 0.398 e. The molecule has 1 aromatic heterocycles. The number of thiophene rings is 1. The number of hydrogen-bond donors (Lipinski definition) is 2. The molecule has 0 amide bonds. The van der Waals surface area contributed by atoms with E-state index in [0.29, 0.717) is 23.2 Å². The zero-order valence-corrected chi connectivity index (χ0v) is 7.60. The van der Waals surface area contributed by atoms with Crippen LogP contribution < -0.4 is 11.5 Å². The first-order chi connectivity index (χ1) is 6.24. The number of nitrogen functional groups attached to an aromatic ring is 2. The molecule has 0 saturated carbocycles. The third-order valence-corrected chi connectivity index (χ3v) is 2.85. The van der Waals surface area contributed by atoms with Crippen molar-refractivity contribution >= 4 is 39.1 Å². The van der Waals surface area contributed by atoms with Crippen LogP contribution in [-0.4, -0.2) is 6.29 Å². The van der Waals surface area contributed by atoms with E-state index in [1.165, 1.54) is 0 Å². The van der Waals surface area contributed by atoms with Crippen LogP contribution in [0.3, 0.4) is 0 Å². The number of carbonyl (C=O) groups is 1. The molecule has 4 heteroatoms. The number of fused-ring (bicyclic) bond motifs is 1. The predicted octanol–water partition coefficient (Wildman–Crippen LogP) is 1.88. The fraction of sp³-hybridized carbons (Fsp3) is 0. The second kappa shape index (κ2) is 2.74. The van der Waals surface area contributed by atoms with Crippen molar-refractivity contribution in [2.24, 2.45) is 0 Å². The van der Waals surface area contributed by atoms with Crippen LogP contribution in [0.2, 0.25) is 0 Å². The summed E-state index contributed by atoms with van der Waals surface area (Å²) in [7, 11) is 0. The second-order valence-electron chi connectivity index (χ2n) is 2.74. The number of aldehydes is 1. The topological polar surface area (TPSA) is 69.1 Å². The Morgan fingerprint density at radius 3 is 2.85 bits per heavy atom. The van der Waals surface area contributed by atoms with Gasteiger partial charge >= 0.3 is 0 Å². The lowest BCUT2D eigenvalue weighted by atomic mass is 10.1.